The predicted octanol–water partition coefficient (Wildman–Crippen LogP) is 22.9. The van der Waals surface area contributed by atoms with Gasteiger partial charge in [0.2, 0.25) is 32.6 Å². The van der Waals surface area contributed by atoms with E-state index in [-0.39, 0.29) is 167 Å². The molecule has 0 radical (unpaired) electrons. The number of carbonyl (C=O) groups excluding carboxylic acids is 1. The molecule has 0 spiro atoms. The van der Waals surface area contributed by atoms with E-state index in [1.807, 2.05) is 0 Å². The van der Waals surface area contributed by atoms with Crippen molar-refractivity contribution in [2.24, 2.45) is 0 Å². The van der Waals surface area contributed by atoms with Gasteiger partial charge >= 0.3 is 0 Å². The van der Waals surface area contributed by atoms with Gasteiger partial charge in [0.25, 0.3) is 0 Å². The first-order valence-corrected chi connectivity index (χ1v) is 39.9. The van der Waals surface area contributed by atoms with E-state index >= 15 is 0 Å². The van der Waals surface area contributed by atoms with Crippen LogP contribution in [-0.4, -0.2) is 31.3 Å². The highest BCUT2D eigenvalue weighted by molar-refractivity contribution is 6.01. The zero-order valence-corrected chi connectivity index (χ0v) is 69.7. The number of hydrogen-bond donors (Lipinski definition) is 5. The Kier molecular flexibility index (Phi) is 28.6. The minimum atomic E-state index is -1.10. The third-order valence-electron chi connectivity index (χ3n) is 20.2. The van der Waals surface area contributed by atoms with Gasteiger partial charge in [0.05, 0.1) is 33.4 Å². The molecule has 18 nitrogen and oxygen atoms in total. The Labute approximate surface area is 736 Å². The summed E-state index contributed by atoms with van der Waals surface area (Å²) in [5.74, 6) is -8.44. The molecule has 0 amide bonds. The first-order valence-electron chi connectivity index (χ1n) is 39.9. The van der Waals surface area contributed by atoms with Gasteiger partial charge in [-0.25, -0.2) is 52.7 Å². The van der Waals surface area contributed by atoms with Crippen LogP contribution >= 0.6 is 0 Å². The minimum Gasteiger partial charge on any atom is -0.457 e. The van der Waals surface area contributed by atoms with Crippen LogP contribution < -0.4 is 32.6 Å². The molecule has 0 fully saturated rings. The molecular formula is C102H70F12O18. The summed E-state index contributed by atoms with van der Waals surface area (Å²) >= 11 is 0. The lowest BCUT2D eigenvalue weighted by Gasteiger charge is -2.12. The molecule has 18 aromatic rings. The van der Waals surface area contributed by atoms with Gasteiger partial charge in [-0.05, 0) is 214 Å². The number of halogens is 12. The highest BCUT2D eigenvalue weighted by Crippen LogP contribution is 2.38. The number of carbonyl (C=O) groups is 1. The number of aliphatic hydroxyl groups is 5. The van der Waals surface area contributed by atoms with Crippen molar-refractivity contribution in [3.05, 3.63) is 420 Å². The molecule has 0 aliphatic carbocycles. The molecule has 0 saturated heterocycles. The topological polar surface area (TPSA) is 299 Å². The summed E-state index contributed by atoms with van der Waals surface area (Å²) in [5, 5.41) is 48.0. The Bertz CT molecular complexity index is 7020. The van der Waals surface area contributed by atoms with Crippen LogP contribution in [0.15, 0.2) is 310 Å². The number of Topliss-reactive ketones (excluding diaryl/α,β-unsaturated/α-hetero) is 1. The van der Waals surface area contributed by atoms with Crippen molar-refractivity contribution in [2.75, 3.05) is 0 Å². The van der Waals surface area contributed by atoms with Crippen LogP contribution in [0.1, 0.15) is 111 Å². The Morgan fingerprint density at radius 3 is 0.538 bits per heavy atom. The molecule has 12 aromatic carbocycles. The first kappa shape index (κ1) is 94.1. The van der Waals surface area contributed by atoms with Crippen LogP contribution in [-0.2, 0) is 0 Å². The maximum Gasteiger partial charge on any atom is 0.204 e. The molecule has 3 unspecified atom stereocenters. The maximum absolute atomic E-state index is 14.0. The molecular weight excluding hydrogens is 1740 g/mol. The molecule has 5 atom stereocenters. The molecule has 5 N–H and O–H groups in total. The van der Waals surface area contributed by atoms with Crippen molar-refractivity contribution in [1.82, 2.24) is 0 Å². The molecule has 6 heterocycles. The van der Waals surface area contributed by atoms with Gasteiger partial charge in [-0.15, -0.1) is 0 Å². The van der Waals surface area contributed by atoms with Gasteiger partial charge < -0.3 is 52.0 Å². The van der Waals surface area contributed by atoms with Crippen molar-refractivity contribution in [2.45, 2.75) is 72.1 Å². The van der Waals surface area contributed by atoms with Crippen molar-refractivity contribution in [1.29, 1.82) is 0 Å². The first-order chi connectivity index (χ1) is 62.9. The fraction of sp³-hybridized carbons (Fsp3) is 0.108. The summed E-state index contributed by atoms with van der Waals surface area (Å²) in [7, 11) is 0. The average molecular weight is 1810 g/mol. The van der Waals surface area contributed by atoms with Gasteiger partial charge in [-0.2, -0.15) is 0 Å². The van der Waals surface area contributed by atoms with Crippen LogP contribution in [0.5, 0.6) is 0 Å². The second-order valence-corrected chi connectivity index (χ2v) is 29.7. The lowest BCUT2D eigenvalue weighted by molar-refractivity contribution is 0.0988. The standard InChI is InChI=1S/5C17H12F2O3.C17H10F2O3/c6*1-9(20)17-14(10-4-2-5-11(18)8-10)16(21)15-12(19)6-3-7-13(15)22-17/h5*2-9,20H,1H3;2-8H,1H3/t2*9-;;;;/m10..../s1. The van der Waals surface area contributed by atoms with Crippen LogP contribution in [0.4, 0.5) is 52.7 Å². The smallest absolute Gasteiger partial charge is 0.204 e. The van der Waals surface area contributed by atoms with E-state index < -0.39 is 139 Å². The summed E-state index contributed by atoms with van der Waals surface area (Å²) in [6.07, 6.45) is -5.49. The van der Waals surface area contributed by atoms with E-state index in [4.69, 9.17) is 26.5 Å². The van der Waals surface area contributed by atoms with Gasteiger partial charge in [-0.1, -0.05) is 109 Å². The van der Waals surface area contributed by atoms with Gasteiger partial charge in [0.1, 0.15) is 195 Å². The summed E-state index contributed by atoms with van der Waals surface area (Å²) in [5.41, 5.74) is -2.68. The molecule has 132 heavy (non-hydrogen) atoms. The van der Waals surface area contributed by atoms with Crippen LogP contribution in [0, 0.1) is 69.8 Å². The Morgan fingerprint density at radius 2 is 0.379 bits per heavy atom. The van der Waals surface area contributed by atoms with Crippen molar-refractivity contribution >= 4 is 71.6 Å². The molecule has 670 valence electrons. The third kappa shape index (κ3) is 19.9. The molecule has 0 aliphatic heterocycles. The minimum absolute atomic E-state index is 0.0182. The Balaban J connectivity index is 0.000000135. The van der Waals surface area contributed by atoms with Crippen molar-refractivity contribution in [3.63, 3.8) is 0 Å². The van der Waals surface area contributed by atoms with Crippen molar-refractivity contribution in [3.8, 4) is 66.8 Å². The lowest BCUT2D eigenvalue weighted by atomic mass is 10.00. The van der Waals surface area contributed by atoms with E-state index in [0.29, 0.717) is 0 Å². The summed E-state index contributed by atoms with van der Waals surface area (Å²) in [4.78, 5) is 87.7. The van der Waals surface area contributed by atoms with E-state index in [0.717, 1.165) is 72.8 Å². The molecule has 0 bridgehead atoms. The van der Waals surface area contributed by atoms with E-state index in [1.54, 1.807) is 0 Å². The summed E-state index contributed by atoms with van der Waals surface area (Å²) < 4.78 is 197. The third-order valence-corrected chi connectivity index (χ3v) is 20.2. The van der Waals surface area contributed by atoms with E-state index in [1.165, 1.54) is 224 Å². The maximum atomic E-state index is 14.0. The monoisotopic (exact) mass is 1810 g/mol. The summed E-state index contributed by atoms with van der Waals surface area (Å²) in [6.45, 7) is 8.34. The SMILES string of the molecule is CC(=O)c1oc2cccc(F)c2c(=O)c1-c1cccc(F)c1.CC(O)c1oc2cccc(F)c2c(=O)c1-c1cccc(F)c1.CC(O)c1oc2cccc(F)c2c(=O)c1-c1cccc(F)c1.CC(O)c1oc2cccc(F)c2c(=O)c1-c1cccc(F)c1.C[C@@H](O)c1oc2cccc(F)c2c(=O)c1-c1cccc(F)c1.C[C@H](O)c1oc2cccc(F)c2c(=O)c1-c1cccc(F)c1. The fourth-order valence-electron chi connectivity index (χ4n) is 14.5. The highest BCUT2D eigenvalue weighted by atomic mass is 19.2. The summed E-state index contributed by atoms with van der Waals surface area (Å²) in [6, 6.07) is 55.7. The zero-order chi connectivity index (χ0) is 95.1. The number of hydrogen-bond acceptors (Lipinski definition) is 18. The second-order valence-electron chi connectivity index (χ2n) is 29.7. The van der Waals surface area contributed by atoms with Crippen LogP contribution in [0.3, 0.4) is 0 Å². The number of benzene rings is 12. The Hall–Kier alpha value is -15.5. The van der Waals surface area contributed by atoms with Gasteiger partial charge in [-0.3, -0.25) is 33.6 Å². The second kappa shape index (κ2) is 40.0. The number of fused-ring (bicyclic) bond motifs is 6. The van der Waals surface area contributed by atoms with Crippen molar-refractivity contribution < 1.29 is 110 Å². The molecule has 0 aliphatic rings. The van der Waals surface area contributed by atoms with E-state index in [2.05, 4.69) is 0 Å². The zero-order valence-electron chi connectivity index (χ0n) is 69.7. The molecule has 6 aromatic heterocycles. The quantitative estimate of drug-likeness (QED) is 0.0561. The predicted molar refractivity (Wildman–Crippen MR) is 470 cm³/mol. The van der Waals surface area contributed by atoms with Crippen LogP contribution in [0.2, 0.25) is 0 Å². The number of rotatable bonds is 12. The van der Waals surface area contributed by atoms with Gasteiger partial charge in [0, 0.05) is 6.92 Å². The molecule has 18 rings (SSSR count). The Morgan fingerprint density at radius 1 is 0.227 bits per heavy atom. The normalized spacial score (nSPS) is 12.3. The average Bonchev–Trinajstić information content (AvgIpc) is 0.788. The number of aliphatic hydroxyl groups excluding tert-OH is 5. The largest absolute Gasteiger partial charge is 0.457 e. The van der Waals surface area contributed by atoms with E-state index in [9.17, 15) is 112 Å². The van der Waals surface area contributed by atoms with Crippen LogP contribution in [0.25, 0.3) is 133 Å². The lowest BCUT2D eigenvalue weighted by Crippen LogP contribution is -2.12. The van der Waals surface area contributed by atoms with Gasteiger partial charge in [0.15, 0.2) is 11.5 Å². The fourth-order valence-corrected chi connectivity index (χ4v) is 14.5. The molecule has 30 heteroatoms. The number of ketones is 1. The molecule has 0 saturated carbocycles. The highest BCUT2D eigenvalue weighted by Gasteiger charge is 2.29.